The normalized spacial score (nSPS) is 16.8. The molecule has 0 atom stereocenters. The van der Waals surface area contributed by atoms with E-state index < -0.39 is 12.1 Å². The first-order valence-corrected chi connectivity index (χ1v) is 5.23. The zero-order valence-electron chi connectivity index (χ0n) is 8.74. The minimum absolute atomic E-state index is 0.0662. The minimum Gasteiger partial charge on any atom is -0.430 e. The van der Waals surface area contributed by atoms with Crippen molar-refractivity contribution in [3.05, 3.63) is 12.7 Å². The zero-order chi connectivity index (χ0) is 11.1. The lowest BCUT2D eigenvalue weighted by molar-refractivity contribution is -0.145. The van der Waals surface area contributed by atoms with Crippen molar-refractivity contribution in [2.75, 3.05) is 6.61 Å². The molecule has 1 aliphatic carbocycles. The van der Waals surface area contributed by atoms with Gasteiger partial charge in [0.15, 0.2) is 0 Å². The number of rotatable bonds is 3. The monoisotopic (exact) mass is 212 g/mol. The molecule has 0 N–H and O–H groups in total. The Morgan fingerprint density at radius 3 is 2.53 bits per heavy atom. The highest BCUT2D eigenvalue weighted by molar-refractivity contribution is 5.83. The van der Waals surface area contributed by atoms with Gasteiger partial charge >= 0.3 is 12.1 Å². The van der Waals surface area contributed by atoms with Gasteiger partial charge in [-0.2, -0.15) is 0 Å². The fourth-order valence-electron chi connectivity index (χ4n) is 1.66. The van der Waals surface area contributed by atoms with Crippen molar-refractivity contribution in [3.63, 3.8) is 0 Å². The molecule has 0 heterocycles. The Balaban J connectivity index is 2.27. The van der Waals surface area contributed by atoms with Crippen molar-refractivity contribution >= 4 is 12.1 Å². The van der Waals surface area contributed by atoms with Crippen LogP contribution in [-0.4, -0.2) is 18.7 Å². The smallest absolute Gasteiger partial charge is 0.430 e. The summed E-state index contributed by atoms with van der Waals surface area (Å²) in [4.78, 5) is 22.4. The van der Waals surface area contributed by atoms with Crippen molar-refractivity contribution in [1.29, 1.82) is 0 Å². The highest BCUT2D eigenvalue weighted by Gasteiger charge is 2.24. The topological polar surface area (TPSA) is 52.6 Å². The van der Waals surface area contributed by atoms with Gasteiger partial charge in [-0.15, -0.1) is 0 Å². The van der Waals surface area contributed by atoms with Crippen LogP contribution < -0.4 is 0 Å². The average molecular weight is 212 g/mol. The molecule has 1 aliphatic rings. The predicted octanol–water partition coefficient (Wildman–Crippen LogP) is 2.43. The fourth-order valence-corrected chi connectivity index (χ4v) is 1.66. The highest BCUT2D eigenvalue weighted by Crippen LogP contribution is 2.24. The van der Waals surface area contributed by atoms with Crippen LogP contribution in [0.4, 0.5) is 4.79 Å². The van der Waals surface area contributed by atoms with Crippen molar-refractivity contribution in [3.8, 4) is 0 Å². The van der Waals surface area contributed by atoms with Crippen molar-refractivity contribution in [2.24, 2.45) is 5.92 Å². The van der Waals surface area contributed by atoms with Gasteiger partial charge in [0, 0.05) is 0 Å². The molecule has 1 fully saturated rings. The van der Waals surface area contributed by atoms with Gasteiger partial charge in [0.05, 0.1) is 5.92 Å². The second-order valence-electron chi connectivity index (χ2n) is 3.61. The Morgan fingerprint density at radius 2 is 1.93 bits per heavy atom. The Hall–Kier alpha value is -1.32. The summed E-state index contributed by atoms with van der Waals surface area (Å²) in [6, 6.07) is 0. The lowest BCUT2D eigenvalue weighted by Gasteiger charge is -2.18. The lowest BCUT2D eigenvalue weighted by atomic mass is 9.89. The van der Waals surface area contributed by atoms with Crippen molar-refractivity contribution in [1.82, 2.24) is 0 Å². The summed E-state index contributed by atoms with van der Waals surface area (Å²) in [7, 11) is 0. The van der Waals surface area contributed by atoms with Crippen LogP contribution in [0, 0.1) is 5.92 Å². The van der Waals surface area contributed by atoms with Crippen LogP contribution in [0.15, 0.2) is 12.7 Å². The molecule has 0 saturated heterocycles. The van der Waals surface area contributed by atoms with Gasteiger partial charge in [-0.05, 0) is 12.8 Å². The molecular weight excluding hydrogens is 196 g/mol. The average Bonchev–Trinajstić information content (AvgIpc) is 2.27. The number of ether oxygens (including phenoxy) is 2. The molecule has 1 saturated carbocycles. The van der Waals surface area contributed by atoms with E-state index in [1.165, 1.54) is 6.08 Å². The van der Waals surface area contributed by atoms with Crippen molar-refractivity contribution < 1.29 is 19.1 Å². The maximum atomic E-state index is 11.4. The van der Waals surface area contributed by atoms with Crippen LogP contribution in [-0.2, 0) is 14.3 Å². The molecule has 0 spiro atoms. The van der Waals surface area contributed by atoms with E-state index in [-0.39, 0.29) is 12.5 Å². The number of hydrogen-bond donors (Lipinski definition) is 0. The summed E-state index contributed by atoms with van der Waals surface area (Å²) < 4.78 is 9.10. The van der Waals surface area contributed by atoms with Gasteiger partial charge in [0.25, 0.3) is 0 Å². The van der Waals surface area contributed by atoms with Gasteiger partial charge in [-0.3, -0.25) is 4.79 Å². The van der Waals surface area contributed by atoms with Crippen LogP contribution in [0.5, 0.6) is 0 Å². The molecule has 84 valence electrons. The molecule has 0 aromatic heterocycles. The summed E-state index contributed by atoms with van der Waals surface area (Å²) in [5.41, 5.74) is 0. The minimum atomic E-state index is -0.925. The van der Waals surface area contributed by atoms with Crippen LogP contribution >= 0.6 is 0 Å². The lowest BCUT2D eigenvalue weighted by Crippen LogP contribution is -2.23. The third kappa shape index (κ3) is 4.14. The third-order valence-electron chi connectivity index (χ3n) is 2.44. The summed E-state index contributed by atoms with van der Waals surface area (Å²) in [5, 5.41) is 0. The fraction of sp³-hybridized carbons (Fsp3) is 0.636. The maximum Gasteiger partial charge on any atom is 0.516 e. The molecular formula is C11H16O4. The van der Waals surface area contributed by atoms with E-state index in [4.69, 9.17) is 0 Å². The van der Waals surface area contributed by atoms with E-state index in [9.17, 15) is 9.59 Å². The van der Waals surface area contributed by atoms with Gasteiger partial charge in [-0.1, -0.05) is 31.9 Å². The molecule has 1 rings (SSSR count). The Bertz CT molecular complexity index is 241. The van der Waals surface area contributed by atoms with E-state index >= 15 is 0 Å². The first-order chi connectivity index (χ1) is 7.24. The first kappa shape index (κ1) is 11.8. The third-order valence-corrected chi connectivity index (χ3v) is 2.44. The molecule has 0 aromatic carbocycles. The predicted molar refractivity (Wildman–Crippen MR) is 54.2 cm³/mol. The van der Waals surface area contributed by atoms with E-state index in [1.54, 1.807) is 0 Å². The summed E-state index contributed by atoms with van der Waals surface area (Å²) in [5.74, 6) is -0.584. The Labute approximate surface area is 89.2 Å². The Kier molecular flexibility index (Phi) is 4.87. The molecule has 4 nitrogen and oxygen atoms in total. The van der Waals surface area contributed by atoms with E-state index in [0.29, 0.717) is 0 Å². The summed E-state index contributed by atoms with van der Waals surface area (Å²) in [6.45, 7) is 3.45. The van der Waals surface area contributed by atoms with E-state index in [2.05, 4.69) is 16.1 Å². The quantitative estimate of drug-likeness (QED) is 0.409. The number of esters is 1. The van der Waals surface area contributed by atoms with E-state index in [0.717, 1.165) is 32.1 Å². The van der Waals surface area contributed by atoms with Crippen LogP contribution in [0.25, 0.3) is 0 Å². The molecule has 0 unspecified atom stereocenters. The number of carbonyl (C=O) groups is 2. The van der Waals surface area contributed by atoms with Gasteiger partial charge in [0.1, 0.15) is 6.61 Å². The maximum absolute atomic E-state index is 11.4. The summed E-state index contributed by atoms with van der Waals surface area (Å²) >= 11 is 0. The van der Waals surface area contributed by atoms with Crippen LogP contribution in [0.1, 0.15) is 32.1 Å². The first-order valence-electron chi connectivity index (χ1n) is 5.23. The van der Waals surface area contributed by atoms with Gasteiger partial charge in [-0.25, -0.2) is 4.79 Å². The number of hydrogen-bond acceptors (Lipinski definition) is 4. The standard InChI is InChI=1S/C11H16O4/c1-2-8-14-11(13)15-10(12)9-6-4-3-5-7-9/h2,9H,1,3-8H2. The van der Waals surface area contributed by atoms with Gasteiger partial charge < -0.3 is 9.47 Å². The second kappa shape index (κ2) is 6.22. The summed E-state index contributed by atoms with van der Waals surface area (Å²) in [6.07, 6.45) is 5.34. The molecule has 0 radical (unpaired) electrons. The van der Waals surface area contributed by atoms with Gasteiger partial charge in [0.2, 0.25) is 0 Å². The van der Waals surface area contributed by atoms with Crippen LogP contribution in [0.3, 0.4) is 0 Å². The molecule has 15 heavy (non-hydrogen) atoms. The number of carbonyl (C=O) groups excluding carboxylic acids is 2. The molecule has 0 aliphatic heterocycles. The zero-order valence-corrected chi connectivity index (χ0v) is 8.74. The molecule has 0 aromatic rings. The van der Waals surface area contributed by atoms with Crippen molar-refractivity contribution in [2.45, 2.75) is 32.1 Å². The molecule has 4 heteroatoms. The second-order valence-corrected chi connectivity index (χ2v) is 3.61. The molecule has 0 bridgehead atoms. The Morgan fingerprint density at radius 1 is 1.27 bits per heavy atom. The van der Waals surface area contributed by atoms with E-state index in [1.807, 2.05) is 0 Å². The SMILES string of the molecule is C=CCOC(=O)OC(=O)C1CCCCC1. The van der Waals surface area contributed by atoms with Crippen LogP contribution in [0.2, 0.25) is 0 Å². The largest absolute Gasteiger partial charge is 0.516 e. The highest BCUT2D eigenvalue weighted by atomic mass is 16.7. The molecule has 0 amide bonds.